The second-order valence-electron chi connectivity index (χ2n) is 5.58. The normalized spacial score (nSPS) is 19.3. The first-order chi connectivity index (χ1) is 10.0. The maximum absolute atomic E-state index is 14.1. The lowest BCUT2D eigenvalue weighted by Crippen LogP contribution is -2.52. The molecule has 1 amide bonds. The van der Waals surface area contributed by atoms with E-state index in [0.717, 1.165) is 19.5 Å². The third-order valence-corrected chi connectivity index (χ3v) is 4.25. The molecular weight excluding hydrogens is 269 g/mol. The molecule has 2 N–H and O–H groups in total. The predicted octanol–water partition coefficient (Wildman–Crippen LogP) is 1.77. The number of hydrogen-bond donors (Lipinski definition) is 1. The van der Waals surface area contributed by atoms with E-state index in [9.17, 15) is 9.18 Å². The Kier molecular flexibility index (Phi) is 5.31. The molecule has 1 aromatic carbocycles. The van der Waals surface area contributed by atoms with Crippen molar-refractivity contribution in [2.75, 3.05) is 26.2 Å². The Balaban J connectivity index is 2.19. The smallest absolute Gasteiger partial charge is 0.219 e. The summed E-state index contributed by atoms with van der Waals surface area (Å²) < 4.78 is 14.1. The monoisotopic (exact) mass is 293 g/mol. The average Bonchev–Trinajstić information content (AvgIpc) is 2.49. The van der Waals surface area contributed by atoms with Crippen molar-refractivity contribution in [3.05, 3.63) is 35.6 Å². The highest BCUT2D eigenvalue weighted by molar-refractivity contribution is 5.73. The highest BCUT2D eigenvalue weighted by Gasteiger charge is 2.30. The van der Waals surface area contributed by atoms with Crippen LogP contribution in [0.15, 0.2) is 24.3 Å². The Labute approximate surface area is 125 Å². The van der Waals surface area contributed by atoms with Gasteiger partial charge in [0.15, 0.2) is 0 Å². The summed E-state index contributed by atoms with van der Waals surface area (Å²) in [5, 5.41) is 0. The molecule has 0 radical (unpaired) electrons. The molecule has 0 bridgehead atoms. The van der Waals surface area contributed by atoms with Gasteiger partial charge >= 0.3 is 0 Å². The molecule has 116 valence electrons. The Morgan fingerprint density at radius 1 is 1.29 bits per heavy atom. The first kappa shape index (κ1) is 15.9. The highest BCUT2D eigenvalue weighted by Crippen LogP contribution is 2.28. The van der Waals surface area contributed by atoms with Gasteiger partial charge in [0.1, 0.15) is 5.82 Å². The van der Waals surface area contributed by atoms with E-state index in [1.165, 1.54) is 6.07 Å². The number of rotatable bonds is 4. The van der Waals surface area contributed by atoms with Gasteiger partial charge in [-0.15, -0.1) is 0 Å². The predicted molar refractivity (Wildman–Crippen MR) is 81.2 cm³/mol. The Bertz CT molecular complexity index is 486. The summed E-state index contributed by atoms with van der Waals surface area (Å²) >= 11 is 0. The summed E-state index contributed by atoms with van der Waals surface area (Å²) in [5.74, 6) is -0.114. The van der Waals surface area contributed by atoms with Crippen LogP contribution < -0.4 is 5.73 Å². The van der Waals surface area contributed by atoms with Crippen LogP contribution in [0.5, 0.6) is 0 Å². The van der Waals surface area contributed by atoms with Crippen LogP contribution in [0, 0.1) is 5.82 Å². The lowest BCUT2D eigenvalue weighted by molar-refractivity contribution is -0.131. The van der Waals surface area contributed by atoms with Crippen LogP contribution in [0.2, 0.25) is 0 Å². The molecular formula is C16H24FN3O. The minimum absolute atomic E-state index is 0.0943. The molecule has 21 heavy (non-hydrogen) atoms. The van der Waals surface area contributed by atoms with E-state index in [2.05, 4.69) is 4.90 Å². The first-order valence-corrected chi connectivity index (χ1v) is 7.54. The quantitative estimate of drug-likeness (QED) is 0.920. The molecule has 1 aliphatic heterocycles. The van der Waals surface area contributed by atoms with Crippen molar-refractivity contribution >= 4 is 5.91 Å². The van der Waals surface area contributed by atoms with E-state index in [1.54, 1.807) is 13.0 Å². The number of nitrogens with zero attached hydrogens (tertiary/aromatic N) is 2. The van der Waals surface area contributed by atoms with Crippen molar-refractivity contribution < 1.29 is 9.18 Å². The number of benzene rings is 1. The fourth-order valence-electron chi connectivity index (χ4n) is 2.95. The topological polar surface area (TPSA) is 49.6 Å². The largest absolute Gasteiger partial charge is 0.340 e. The van der Waals surface area contributed by atoms with Crippen LogP contribution in [0.1, 0.15) is 31.9 Å². The number of hydrogen-bond acceptors (Lipinski definition) is 3. The minimum Gasteiger partial charge on any atom is -0.340 e. The third-order valence-electron chi connectivity index (χ3n) is 4.25. The van der Waals surface area contributed by atoms with E-state index in [-0.39, 0.29) is 23.8 Å². The highest BCUT2D eigenvalue weighted by atomic mass is 19.1. The van der Waals surface area contributed by atoms with Gasteiger partial charge in [-0.05, 0) is 12.5 Å². The van der Waals surface area contributed by atoms with Gasteiger partial charge in [0.05, 0.1) is 6.04 Å². The molecule has 1 aliphatic rings. The van der Waals surface area contributed by atoms with Gasteiger partial charge in [-0.25, -0.2) is 4.39 Å². The van der Waals surface area contributed by atoms with Crippen LogP contribution in [0.4, 0.5) is 4.39 Å². The minimum atomic E-state index is -0.208. The molecule has 1 fully saturated rings. The van der Waals surface area contributed by atoms with Gasteiger partial charge in [0.2, 0.25) is 5.91 Å². The summed E-state index contributed by atoms with van der Waals surface area (Å²) in [7, 11) is 0. The van der Waals surface area contributed by atoms with Gasteiger partial charge in [-0.1, -0.05) is 25.1 Å². The van der Waals surface area contributed by atoms with Crippen molar-refractivity contribution in [2.45, 2.75) is 32.4 Å². The molecule has 0 aromatic heterocycles. The number of nitrogens with two attached hydrogens (primary N) is 1. The maximum atomic E-state index is 14.1. The van der Waals surface area contributed by atoms with E-state index in [4.69, 9.17) is 5.73 Å². The van der Waals surface area contributed by atoms with Crippen LogP contribution in [0.3, 0.4) is 0 Å². The van der Waals surface area contributed by atoms with Gasteiger partial charge in [0, 0.05) is 44.7 Å². The second-order valence-corrected chi connectivity index (χ2v) is 5.58. The molecule has 0 spiro atoms. The Hall–Kier alpha value is -1.46. The molecule has 4 nitrogen and oxygen atoms in total. The summed E-state index contributed by atoms with van der Waals surface area (Å²) in [5.41, 5.74) is 6.91. The van der Waals surface area contributed by atoms with Crippen LogP contribution in [0.25, 0.3) is 0 Å². The van der Waals surface area contributed by atoms with Gasteiger partial charge in [0.25, 0.3) is 0 Å². The lowest BCUT2D eigenvalue weighted by atomic mass is 9.95. The zero-order valence-electron chi connectivity index (χ0n) is 12.8. The summed E-state index contributed by atoms with van der Waals surface area (Å²) in [6.45, 7) is 6.41. The summed E-state index contributed by atoms with van der Waals surface area (Å²) in [4.78, 5) is 15.4. The molecule has 2 unspecified atom stereocenters. The Morgan fingerprint density at radius 2 is 1.90 bits per heavy atom. The molecule has 1 heterocycles. The molecule has 2 atom stereocenters. The maximum Gasteiger partial charge on any atom is 0.219 e. The molecule has 0 aliphatic carbocycles. The van der Waals surface area contributed by atoms with E-state index >= 15 is 0 Å². The van der Waals surface area contributed by atoms with Crippen LogP contribution >= 0.6 is 0 Å². The van der Waals surface area contributed by atoms with Gasteiger partial charge in [-0.3, -0.25) is 9.69 Å². The number of piperazine rings is 1. The molecule has 2 rings (SSSR count). The number of carbonyl (C=O) groups is 1. The summed E-state index contributed by atoms with van der Waals surface area (Å²) in [6, 6.07) is 6.58. The second kappa shape index (κ2) is 7.00. The molecule has 5 heteroatoms. The van der Waals surface area contributed by atoms with Crippen molar-refractivity contribution in [1.82, 2.24) is 9.80 Å². The van der Waals surface area contributed by atoms with Crippen molar-refractivity contribution in [1.29, 1.82) is 0 Å². The molecule has 1 saturated heterocycles. The van der Waals surface area contributed by atoms with Crippen molar-refractivity contribution in [3.63, 3.8) is 0 Å². The molecule has 1 aromatic rings. The zero-order chi connectivity index (χ0) is 15.4. The van der Waals surface area contributed by atoms with Crippen molar-refractivity contribution in [2.24, 2.45) is 5.73 Å². The summed E-state index contributed by atoms with van der Waals surface area (Å²) in [6.07, 6.45) is 0.784. The van der Waals surface area contributed by atoms with Gasteiger partial charge < -0.3 is 10.6 Å². The van der Waals surface area contributed by atoms with E-state index in [0.29, 0.717) is 18.7 Å². The zero-order valence-corrected chi connectivity index (χ0v) is 12.8. The fraction of sp³-hybridized carbons (Fsp3) is 0.562. The van der Waals surface area contributed by atoms with E-state index in [1.807, 2.05) is 24.0 Å². The standard InChI is InChI=1S/C16H24FN3O/c1-3-15(18)16(13-6-4-5-7-14(13)17)20-10-8-19(9-11-20)12(2)21/h4-7,15-16H,3,8-11,18H2,1-2H3. The fourth-order valence-corrected chi connectivity index (χ4v) is 2.95. The van der Waals surface area contributed by atoms with E-state index < -0.39 is 0 Å². The van der Waals surface area contributed by atoms with Crippen LogP contribution in [-0.2, 0) is 4.79 Å². The first-order valence-electron chi connectivity index (χ1n) is 7.54. The SMILES string of the molecule is CCC(N)C(c1ccccc1F)N1CCN(C(C)=O)CC1. The van der Waals surface area contributed by atoms with Crippen molar-refractivity contribution in [3.8, 4) is 0 Å². The number of carbonyl (C=O) groups excluding carboxylic acids is 1. The average molecular weight is 293 g/mol. The lowest BCUT2D eigenvalue weighted by Gasteiger charge is -2.41. The van der Waals surface area contributed by atoms with Gasteiger partial charge in [-0.2, -0.15) is 0 Å². The number of halogens is 1. The third kappa shape index (κ3) is 3.60. The Morgan fingerprint density at radius 3 is 2.43 bits per heavy atom. The molecule has 0 saturated carbocycles. The van der Waals surface area contributed by atoms with Crippen LogP contribution in [-0.4, -0.2) is 47.9 Å². The number of amides is 1.